The number of fused-ring (bicyclic) bond motifs is 2. The van der Waals surface area contributed by atoms with Crippen LogP contribution in [0.3, 0.4) is 0 Å². The van der Waals surface area contributed by atoms with Gasteiger partial charge in [-0.3, -0.25) is 0 Å². The van der Waals surface area contributed by atoms with Crippen molar-refractivity contribution >= 4 is 16.6 Å². The normalized spacial score (nSPS) is 12.8. The molecule has 5 rings (SSSR count). The van der Waals surface area contributed by atoms with Crippen LogP contribution in [-0.2, 0) is 19.5 Å². The standard InChI is InChI=1S/C26H25FN4O/c1-31(2)15-17-3-5-18(6-4-17)19-7-9-24(22-13-28-16-30-26(19)22)29-14-21-20-11-12-32-25(20)10-8-23(21)27/h3-10,13,16,29H,11-12,14-15H2,1-2H3. The van der Waals surface area contributed by atoms with Crippen LogP contribution >= 0.6 is 0 Å². The molecule has 1 aliphatic rings. The van der Waals surface area contributed by atoms with Crippen molar-refractivity contribution in [2.45, 2.75) is 19.5 Å². The summed E-state index contributed by atoms with van der Waals surface area (Å²) >= 11 is 0. The van der Waals surface area contributed by atoms with Gasteiger partial charge < -0.3 is 15.0 Å². The number of hydrogen-bond donors (Lipinski definition) is 1. The molecule has 0 fully saturated rings. The molecular formula is C26H25FN4O. The topological polar surface area (TPSA) is 50.3 Å². The van der Waals surface area contributed by atoms with E-state index in [0.717, 1.165) is 52.0 Å². The predicted molar refractivity (Wildman–Crippen MR) is 125 cm³/mol. The second kappa shape index (κ2) is 8.55. The van der Waals surface area contributed by atoms with Crippen LogP contribution in [0.15, 0.2) is 61.1 Å². The highest BCUT2D eigenvalue weighted by Crippen LogP contribution is 2.34. The van der Waals surface area contributed by atoms with Gasteiger partial charge >= 0.3 is 0 Å². The van der Waals surface area contributed by atoms with Crippen LogP contribution in [-0.4, -0.2) is 35.6 Å². The zero-order valence-corrected chi connectivity index (χ0v) is 18.2. The number of nitrogens with one attached hydrogen (secondary N) is 1. The Bertz CT molecular complexity index is 1270. The summed E-state index contributed by atoms with van der Waals surface area (Å²) in [7, 11) is 4.12. The number of benzene rings is 3. The molecule has 2 heterocycles. The molecule has 1 aliphatic heterocycles. The SMILES string of the molecule is CN(C)Cc1ccc(-c2ccc(NCc3c(F)ccc4c3CCO4)c3cncnc23)cc1. The van der Waals surface area contributed by atoms with Crippen molar-refractivity contribution in [2.75, 3.05) is 26.0 Å². The summed E-state index contributed by atoms with van der Waals surface area (Å²) in [6.07, 6.45) is 4.11. The zero-order chi connectivity index (χ0) is 22.1. The Labute approximate surface area is 186 Å². The molecule has 0 amide bonds. The van der Waals surface area contributed by atoms with E-state index in [0.29, 0.717) is 18.7 Å². The van der Waals surface area contributed by atoms with Crippen molar-refractivity contribution in [2.24, 2.45) is 0 Å². The Kier molecular flexibility index (Phi) is 5.45. The average molecular weight is 429 g/mol. The minimum absolute atomic E-state index is 0.211. The average Bonchev–Trinajstić information content (AvgIpc) is 3.27. The van der Waals surface area contributed by atoms with E-state index in [9.17, 15) is 4.39 Å². The molecule has 0 saturated carbocycles. The summed E-state index contributed by atoms with van der Waals surface area (Å²) in [5.41, 5.74) is 6.77. The molecule has 4 aromatic rings. The summed E-state index contributed by atoms with van der Waals surface area (Å²) in [4.78, 5) is 10.9. The molecule has 3 aromatic carbocycles. The molecule has 0 radical (unpaired) electrons. The van der Waals surface area contributed by atoms with Crippen LogP contribution in [0.1, 0.15) is 16.7 Å². The van der Waals surface area contributed by atoms with Crippen LogP contribution in [0.4, 0.5) is 10.1 Å². The first-order valence-corrected chi connectivity index (χ1v) is 10.7. The second-order valence-corrected chi connectivity index (χ2v) is 8.34. The van der Waals surface area contributed by atoms with Gasteiger partial charge in [0.25, 0.3) is 0 Å². The minimum Gasteiger partial charge on any atom is -0.493 e. The number of halogens is 1. The summed E-state index contributed by atoms with van der Waals surface area (Å²) in [5.74, 6) is 0.571. The third-order valence-electron chi connectivity index (χ3n) is 5.83. The summed E-state index contributed by atoms with van der Waals surface area (Å²) in [6.45, 7) is 1.88. The molecule has 32 heavy (non-hydrogen) atoms. The zero-order valence-electron chi connectivity index (χ0n) is 18.2. The molecule has 0 bridgehead atoms. The van der Waals surface area contributed by atoms with Crippen molar-refractivity contribution in [3.63, 3.8) is 0 Å². The van der Waals surface area contributed by atoms with Crippen molar-refractivity contribution in [3.05, 3.63) is 83.6 Å². The Hall–Kier alpha value is -3.51. The fourth-order valence-corrected chi connectivity index (χ4v) is 4.31. The van der Waals surface area contributed by atoms with E-state index < -0.39 is 0 Å². The van der Waals surface area contributed by atoms with Crippen LogP contribution in [0, 0.1) is 5.82 Å². The number of rotatable bonds is 6. The predicted octanol–water partition coefficient (Wildman–Crippen LogP) is 5.04. The number of ether oxygens (including phenoxy) is 1. The lowest BCUT2D eigenvalue weighted by atomic mass is 10.00. The Balaban J connectivity index is 1.46. The molecule has 6 heteroatoms. The lowest BCUT2D eigenvalue weighted by molar-refractivity contribution is 0.356. The summed E-state index contributed by atoms with van der Waals surface area (Å²) in [6, 6.07) is 15.8. The van der Waals surface area contributed by atoms with E-state index in [2.05, 4.69) is 64.6 Å². The van der Waals surface area contributed by atoms with Crippen molar-refractivity contribution < 1.29 is 9.13 Å². The monoisotopic (exact) mass is 428 g/mol. The third kappa shape index (κ3) is 3.89. The van der Waals surface area contributed by atoms with E-state index in [1.54, 1.807) is 12.4 Å². The molecule has 1 N–H and O–H groups in total. The molecule has 5 nitrogen and oxygen atoms in total. The Morgan fingerprint density at radius 1 is 1.06 bits per heavy atom. The van der Waals surface area contributed by atoms with Crippen molar-refractivity contribution in [3.8, 4) is 16.9 Å². The first kappa shape index (κ1) is 20.4. The van der Waals surface area contributed by atoms with Gasteiger partial charge in [-0.1, -0.05) is 30.3 Å². The van der Waals surface area contributed by atoms with Gasteiger partial charge in [0.15, 0.2) is 0 Å². The highest BCUT2D eigenvalue weighted by atomic mass is 19.1. The number of anilines is 1. The van der Waals surface area contributed by atoms with Crippen LogP contribution < -0.4 is 10.1 Å². The maximum atomic E-state index is 14.5. The molecule has 0 spiro atoms. The van der Waals surface area contributed by atoms with Crippen LogP contribution in [0.5, 0.6) is 5.75 Å². The van der Waals surface area contributed by atoms with Gasteiger partial charge in [-0.05, 0) is 43.4 Å². The molecule has 0 unspecified atom stereocenters. The maximum absolute atomic E-state index is 14.5. The van der Waals surface area contributed by atoms with Crippen molar-refractivity contribution in [1.29, 1.82) is 0 Å². The molecule has 0 aliphatic carbocycles. The maximum Gasteiger partial charge on any atom is 0.128 e. The van der Waals surface area contributed by atoms with Gasteiger partial charge in [-0.25, -0.2) is 14.4 Å². The highest BCUT2D eigenvalue weighted by Gasteiger charge is 2.19. The van der Waals surface area contributed by atoms with E-state index in [1.807, 2.05) is 12.3 Å². The lowest BCUT2D eigenvalue weighted by Crippen LogP contribution is -2.10. The van der Waals surface area contributed by atoms with Gasteiger partial charge in [0, 0.05) is 53.5 Å². The minimum atomic E-state index is -0.211. The molecule has 1 aromatic heterocycles. The van der Waals surface area contributed by atoms with Gasteiger partial charge in [-0.15, -0.1) is 0 Å². The molecule has 0 atom stereocenters. The van der Waals surface area contributed by atoms with E-state index in [4.69, 9.17) is 4.74 Å². The van der Waals surface area contributed by atoms with Gasteiger partial charge in [0.2, 0.25) is 0 Å². The van der Waals surface area contributed by atoms with E-state index >= 15 is 0 Å². The van der Waals surface area contributed by atoms with E-state index in [1.165, 1.54) is 11.6 Å². The molecular weight excluding hydrogens is 403 g/mol. The number of nitrogens with zero attached hydrogens (tertiary/aromatic N) is 3. The molecule has 0 saturated heterocycles. The number of aromatic nitrogens is 2. The van der Waals surface area contributed by atoms with Crippen molar-refractivity contribution in [1.82, 2.24) is 14.9 Å². The van der Waals surface area contributed by atoms with Crippen LogP contribution in [0.25, 0.3) is 22.0 Å². The van der Waals surface area contributed by atoms with Gasteiger partial charge in [0.05, 0.1) is 12.1 Å². The fraction of sp³-hybridized carbons (Fsp3) is 0.231. The highest BCUT2D eigenvalue weighted by molar-refractivity contribution is 6.00. The summed E-state index contributed by atoms with van der Waals surface area (Å²) in [5, 5.41) is 4.31. The van der Waals surface area contributed by atoms with E-state index in [-0.39, 0.29) is 5.82 Å². The third-order valence-corrected chi connectivity index (χ3v) is 5.83. The largest absolute Gasteiger partial charge is 0.493 e. The fourth-order valence-electron chi connectivity index (χ4n) is 4.31. The lowest BCUT2D eigenvalue weighted by Gasteiger charge is -2.15. The van der Waals surface area contributed by atoms with Gasteiger partial charge in [0.1, 0.15) is 17.9 Å². The first-order chi connectivity index (χ1) is 15.6. The Morgan fingerprint density at radius 2 is 1.91 bits per heavy atom. The first-order valence-electron chi connectivity index (χ1n) is 10.7. The smallest absolute Gasteiger partial charge is 0.128 e. The Morgan fingerprint density at radius 3 is 2.72 bits per heavy atom. The summed E-state index contributed by atoms with van der Waals surface area (Å²) < 4.78 is 20.1. The van der Waals surface area contributed by atoms with Gasteiger partial charge in [-0.2, -0.15) is 0 Å². The molecule has 162 valence electrons. The quantitative estimate of drug-likeness (QED) is 0.466. The number of hydrogen-bond acceptors (Lipinski definition) is 5. The second-order valence-electron chi connectivity index (χ2n) is 8.34. The van der Waals surface area contributed by atoms with Crippen LogP contribution in [0.2, 0.25) is 0 Å².